The van der Waals surface area contributed by atoms with Gasteiger partial charge in [-0.15, -0.1) is 0 Å². The number of anilines is 1. The summed E-state index contributed by atoms with van der Waals surface area (Å²) in [5, 5.41) is 3.70. The summed E-state index contributed by atoms with van der Waals surface area (Å²) < 4.78 is 2.31. The van der Waals surface area contributed by atoms with Gasteiger partial charge in [0, 0.05) is 34.1 Å². The molecule has 1 saturated carbocycles. The molecule has 2 unspecified atom stereocenters. The number of nitrogens with one attached hydrogen (secondary N) is 1. The Bertz CT molecular complexity index is 445. The van der Waals surface area contributed by atoms with Gasteiger partial charge in [0.15, 0.2) is 0 Å². The van der Waals surface area contributed by atoms with Gasteiger partial charge in [-0.2, -0.15) is 0 Å². The van der Waals surface area contributed by atoms with Gasteiger partial charge in [0.2, 0.25) is 0 Å². The minimum atomic E-state index is 0.553. The first-order valence-electron chi connectivity index (χ1n) is 6.60. The Hall–Kier alpha value is -0.0600. The van der Waals surface area contributed by atoms with Crippen LogP contribution in [0.15, 0.2) is 27.1 Å². The summed E-state index contributed by atoms with van der Waals surface area (Å²) in [7, 11) is 0. The number of hydrogen-bond acceptors (Lipinski definition) is 2. The van der Waals surface area contributed by atoms with Crippen molar-refractivity contribution in [3.8, 4) is 0 Å². The fourth-order valence-electron chi connectivity index (χ4n) is 2.75. The monoisotopic (exact) mass is 372 g/mol. The second kappa shape index (κ2) is 5.14. The van der Waals surface area contributed by atoms with Crippen molar-refractivity contribution in [3.05, 3.63) is 27.1 Å². The number of piperazine rings is 1. The molecule has 1 aromatic rings. The predicted octanol–water partition coefficient (Wildman–Crippen LogP) is 3.79. The van der Waals surface area contributed by atoms with E-state index in [1.807, 2.05) is 0 Å². The molecule has 4 heteroatoms. The summed E-state index contributed by atoms with van der Waals surface area (Å²) in [6, 6.07) is 7.70. The van der Waals surface area contributed by atoms with Crippen LogP contribution in [-0.4, -0.2) is 25.2 Å². The van der Waals surface area contributed by atoms with Crippen molar-refractivity contribution < 1.29 is 0 Å². The molecule has 18 heavy (non-hydrogen) atoms. The summed E-state index contributed by atoms with van der Waals surface area (Å²) in [5.41, 5.74) is 1.32. The van der Waals surface area contributed by atoms with Gasteiger partial charge in [-0.25, -0.2) is 0 Å². The normalized spacial score (nSPS) is 28.5. The van der Waals surface area contributed by atoms with Crippen LogP contribution in [0.25, 0.3) is 0 Å². The van der Waals surface area contributed by atoms with Gasteiger partial charge in [0.05, 0.1) is 5.69 Å². The van der Waals surface area contributed by atoms with Gasteiger partial charge in [-0.3, -0.25) is 0 Å². The van der Waals surface area contributed by atoms with Crippen molar-refractivity contribution in [2.24, 2.45) is 5.92 Å². The standard InChI is InChI=1S/C14H18Br2N2/c1-9-7-17-13(10-2-3-10)8-18(9)14-5-4-11(15)6-12(14)16/h4-6,9-10,13,17H,2-3,7-8H2,1H3. The molecule has 0 bridgehead atoms. The van der Waals surface area contributed by atoms with Gasteiger partial charge in [-0.05, 0) is 59.8 Å². The van der Waals surface area contributed by atoms with E-state index in [2.05, 4.69) is 67.2 Å². The molecule has 0 radical (unpaired) electrons. The van der Waals surface area contributed by atoms with Crippen molar-refractivity contribution in [1.82, 2.24) is 5.32 Å². The van der Waals surface area contributed by atoms with Gasteiger partial charge >= 0.3 is 0 Å². The van der Waals surface area contributed by atoms with E-state index in [1.54, 1.807) is 0 Å². The van der Waals surface area contributed by atoms with Crippen LogP contribution >= 0.6 is 31.9 Å². The molecule has 3 rings (SSSR count). The lowest BCUT2D eigenvalue weighted by atomic mass is 10.1. The molecule has 2 atom stereocenters. The molecule has 1 aromatic carbocycles. The van der Waals surface area contributed by atoms with Crippen molar-refractivity contribution in [3.63, 3.8) is 0 Å². The lowest BCUT2D eigenvalue weighted by Gasteiger charge is -2.41. The van der Waals surface area contributed by atoms with Crippen LogP contribution in [0.4, 0.5) is 5.69 Å². The fourth-order valence-corrected chi connectivity index (χ4v) is 4.03. The van der Waals surface area contributed by atoms with E-state index < -0.39 is 0 Å². The molecular weight excluding hydrogens is 356 g/mol. The first-order chi connectivity index (χ1) is 8.65. The van der Waals surface area contributed by atoms with E-state index in [1.165, 1.54) is 23.0 Å². The minimum Gasteiger partial charge on any atom is -0.365 e. The van der Waals surface area contributed by atoms with Crippen LogP contribution in [0.3, 0.4) is 0 Å². The summed E-state index contributed by atoms with van der Waals surface area (Å²) in [5.74, 6) is 0.911. The first kappa shape index (κ1) is 12.9. The SMILES string of the molecule is CC1CNC(C2CC2)CN1c1ccc(Br)cc1Br. The van der Waals surface area contributed by atoms with Gasteiger partial charge < -0.3 is 10.2 Å². The average molecular weight is 374 g/mol. The molecule has 2 nitrogen and oxygen atoms in total. The number of benzene rings is 1. The molecule has 1 aliphatic heterocycles. The number of rotatable bonds is 2. The third kappa shape index (κ3) is 2.61. The highest BCUT2D eigenvalue weighted by atomic mass is 79.9. The quantitative estimate of drug-likeness (QED) is 0.848. The van der Waals surface area contributed by atoms with Gasteiger partial charge in [0.1, 0.15) is 0 Å². The number of nitrogens with zero attached hydrogens (tertiary/aromatic N) is 1. The van der Waals surface area contributed by atoms with Crippen LogP contribution in [-0.2, 0) is 0 Å². The largest absolute Gasteiger partial charge is 0.365 e. The van der Waals surface area contributed by atoms with E-state index in [-0.39, 0.29) is 0 Å². The fraction of sp³-hybridized carbons (Fsp3) is 0.571. The van der Waals surface area contributed by atoms with Crippen molar-refractivity contribution in [1.29, 1.82) is 0 Å². The second-order valence-electron chi connectivity index (χ2n) is 5.45. The summed E-state index contributed by atoms with van der Waals surface area (Å²) in [6.07, 6.45) is 2.81. The van der Waals surface area contributed by atoms with E-state index in [0.717, 1.165) is 23.5 Å². The second-order valence-corrected chi connectivity index (χ2v) is 7.22. The molecule has 2 fully saturated rings. The molecular formula is C14H18Br2N2. The van der Waals surface area contributed by atoms with Crippen LogP contribution in [0.2, 0.25) is 0 Å². The van der Waals surface area contributed by atoms with Gasteiger partial charge in [-0.1, -0.05) is 15.9 Å². The topological polar surface area (TPSA) is 15.3 Å². The molecule has 1 saturated heterocycles. The molecule has 1 aliphatic carbocycles. The van der Waals surface area contributed by atoms with E-state index in [9.17, 15) is 0 Å². The minimum absolute atomic E-state index is 0.553. The highest BCUT2D eigenvalue weighted by molar-refractivity contribution is 9.11. The number of hydrogen-bond donors (Lipinski definition) is 1. The molecule has 0 aromatic heterocycles. The maximum Gasteiger partial charge on any atom is 0.0514 e. The van der Waals surface area contributed by atoms with E-state index in [4.69, 9.17) is 0 Å². The highest BCUT2D eigenvalue weighted by Crippen LogP contribution is 2.37. The maximum atomic E-state index is 3.70. The van der Waals surface area contributed by atoms with Crippen LogP contribution < -0.4 is 10.2 Å². The Balaban J connectivity index is 1.83. The van der Waals surface area contributed by atoms with Gasteiger partial charge in [0.25, 0.3) is 0 Å². The third-order valence-corrected chi connectivity index (χ3v) is 5.14. The highest BCUT2D eigenvalue weighted by Gasteiger charge is 2.36. The summed E-state index contributed by atoms with van der Waals surface area (Å²) in [6.45, 7) is 4.51. The number of halogens is 2. The zero-order chi connectivity index (χ0) is 12.7. The Labute approximate surface area is 125 Å². The summed E-state index contributed by atoms with van der Waals surface area (Å²) in [4.78, 5) is 2.54. The zero-order valence-electron chi connectivity index (χ0n) is 10.5. The molecule has 1 heterocycles. The average Bonchev–Trinajstić information content (AvgIpc) is 3.14. The smallest absolute Gasteiger partial charge is 0.0514 e. The molecule has 0 amide bonds. The Kier molecular flexibility index (Phi) is 3.70. The molecule has 98 valence electrons. The molecule has 2 aliphatic rings. The van der Waals surface area contributed by atoms with Crippen LogP contribution in [0.5, 0.6) is 0 Å². The lowest BCUT2D eigenvalue weighted by Crippen LogP contribution is -2.56. The van der Waals surface area contributed by atoms with E-state index in [0.29, 0.717) is 12.1 Å². The van der Waals surface area contributed by atoms with Crippen molar-refractivity contribution >= 4 is 37.5 Å². The van der Waals surface area contributed by atoms with Crippen LogP contribution in [0.1, 0.15) is 19.8 Å². The zero-order valence-corrected chi connectivity index (χ0v) is 13.7. The lowest BCUT2D eigenvalue weighted by molar-refractivity contribution is 0.375. The van der Waals surface area contributed by atoms with Crippen molar-refractivity contribution in [2.75, 3.05) is 18.0 Å². The Morgan fingerprint density at radius 2 is 2.06 bits per heavy atom. The first-order valence-corrected chi connectivity index (χ1v) is 8.19. The van der Waals surface area contributed by atoms with Crippen molar-refractivity contribution in [2.45, 2.75) is 31.8 Å². The predicted molar refractivity (Wildman–Crippen MR) is 83.2 cm³/mol. The maximum absolute atomic E-state index is 3.70. The summed E-state index contributed by atoms with van der Waals surface area (Å²) >= 11 is 7.21. The molecule has 0 spiro atoms. The third-order valence-electron chi connectivity index (χ3n) is 4.01. The Morgan fingerprint density at radius 1 is 1.28 bits per heavy atom. The van der Waals surface area contributed by atoms with Crippen LogP contribution in [0, 0.1) is 5.92 Å². The van der Waals surface area contributed by atoms with E-state index >= 15 is 0 Å². The molecule has 1 N–H and O–H groups in total. The Morgan fingerprint density at radius 3 is 2.72 bits per heavy atom.